The quantitative estimate of drug-likeness (QED) is 0.882. The van der Waals surface area contributed by atoms with Crippen molar-refractivity contribution in [1.29, 1.82) is 0 Å². The summed E-state index contributed by atoms with van der Waals surface area (Å²) in [4.78, 5) is 23.2. The SMILES string of the molecule is O=C(COC(=O)c1cccc(F)c1)Nc1ccc(Cl)cc1. The smallest absolute Gasteiger partial charge is 0.338 e. The lowest BCUT2D eigenvalue weighted by atomic mass is 10.2. The largest absolute Gasteiger partial charge is 0.452 e. The van der Waals surface area contributed by atoms with E-state index in [0.717, 1.165) is 6.07 Å². The molecule has 1 amide bonds. The highest BCUT2D eigenvalue weighted by molar-refractivity contribution is 6.30. The molecule has 0 bridgehead atoms. The van der Waals surface area contributed by atoms with Gasteiger partial charge in [-0.25, -0.2) is 9.18 Å². The van der Waals surface area contributed by atoms with Crippen LogP contribution in [0.15, 0.2) is 48.5 Å². The first-order valence-corrected chi connectivity index (χ1v) is 6.40. The van der Waals surface area contributed by atoms with Crippen molar-refractivity contribution in [2.75, 3.05) is 11.9 Å². The van der Waals surface area contributed by atoms with Crippen LogP contribution in [0.1, 0.15) is 10.4 Å². The highest BCUT2D eigenvalue weighted by Crippen LogP contribution is 2.13. The summed E-state index contributed by atoms with van der Waals surface area (Å²) in [6.07, 6.45) is 0. The topological polar surface area (TPSA) is 55.4 Å². The van der Waals surface area contributed by atoms with Gasteiger partial charge >= 0.3 is 5.97 Å². The van der Waals surface area contributed by atoms with E-state index in [1.165, 1.54) is 18.2 Å². The van der Waals surface area contributed by atoms with E-state index in [-0.39, 0.29) is 5.56 Å². The van der Waals surface area contributed by atoms with Crippen LogP contribution in [0.5, 0.6) is 0 Å². The Balaban J connectivity index is 1.86. The monoisotopic (exact) mass is 307 g/mol. The number of esters is 1. The van der Waals surface area contributed by atoms with Crippen molar-refractivity contribution in [3.8, 4) is 0 Å². The Morgan fingerprint density at radius 3 is 2.52 bits per heavy atom. The summed E-state index contributed by atoms with van der Waals surface area (Å²) in [5, 5.41) is 3.09. The van der Waals surface area contributed by atoms with Crippen LogP contribution < -0.4 is 5.32 Å². The number of hydrogen-bond donors (Lipinski definition) is 1. The van der Waals surface area contributed by atoms with E-state index < -0.39 is 24.3 Å². The molecular weight excluding hydrogens is 297 g/mol. The van der Waals surface area contributed by atoms with E-state index in [4.69, 9.17) is 16.3 Å². The summed E-state index contributed by atoms with van der Waals surface area (Å²) in [7, 11) is 0. The van der Waals surface area contributed by atoms with Gasteiger partial charge in [0.2, 0.25) is 0 Å². The number of nitrogens with one attached hydrogen (secondary N) is 1. The van der Waals surface area contributed by atoms with Crippen molar-refractivity contribution >= 4 is 29.2 Å². The van der Waals surface area contributed by atoms with Gasteiger partial charge < -0.3 is 10.1 Å². The third-order valence-electron chi connectivity index (χ3n) is 2.52. The second-order valence-electron chi connectivity index (χ2n) is 4.14. The molecule has 0 radical (unpaired) electrons. The number of ether oxygens (including phenoxy) is 1. The van der Waals surface area contributed by atoms with Crippen molar-refractivity contribution in [3.63, 3.8) is 0 Å². The van der Waals surface area contributed by atoms with Gasteiger partial charge in [0.25, 0.3) is 5.91 Å². The lowest BCUT2D eigenvalue weighted by molar-refractivity contribution is -0.119. The number of anilines is 1. The van der Waals surface area contributed by atoms with Crippen molar-refractivity contribution in [2.45, 2.75) is 0 Å². The molecule has 2 aromatic carbocycles. The van der Waals surface area contributed by atoms with Crippen LogP contribution in [0.25, 0.3) is 0 Å². The number of amides is 1. The molecule has 0 atom stereocenters. The van der Waals surface area contributed by atoms with Gasteiger partial charge in [-0.05, 0) is 42.5 Å². The molecular formula is C15H11ClFNO3. The van der Waals surface area contributed by atoms with E-state index >= 15 is 0 Å². The number of carbonyl (C=O) groups excluding carboxylic acids is 2. The summed E-state index contributed by atoms with van der Waals surface area (Å²) >= 11 is 5.72. The number of halogens is 2. The highest BCUT2D eigenvalue weighted by atomic mass is 35.5. The van der Waals surface area contributed by atoms with Gasteiger partial charge in [0.05, 0.1) is 5.56 Å². The van der Waals surface area contributed by atoms with Crippen molar-refractivity contribution in [3.05, 3.63) is 64.9 Å². The molecule has 0 aromatic heterocycles. The highest BCUT2D eigenvalue weighted by Gasteiger charge is 2.11. The van der Waals surface area contributed by atoms with Crippen LogP contribution in [0.3, 0.4) is 0 Å². The standard InChI is InChI=1S/C15H11ClFNO3/c16-11-4-6-13(7-5-11)18-14(19)9-21-15(20)10-2-1-3-12(17)8-10/h1-8H,9H2,(H,18,19). The Morgan fingerprint density at radius 1 is 1.14 bits per heavy atom. The fourth-order valence-corrected chi connectivity index (χ4v) is 1.69. The Kier molecular flexibility index (Phi) is 4.90. The number of benzene rings is 2. The molecule has 1 N–H and O–H groups in total. The Hall–Kier alpha value is -2.40. The summed E-state index contributed by atoms with van der Waals surface area (Å²) in [5.41, 5.74) is 0.584. The molecule has 0 aliphatic rings. The average Bonchev–Trinajstić information content (AvgIpc) is 2.47. The zero-order valence-electron chi connectivity index (χ0n) is 10.8. The van der Waals surface area contributed by atoms with Gasteiger partial charge in [0, 0.05) is 10.7 Å². The maximum absolute atomic E-state index is 12.9. The first-order valence-electron chi connectivity index (χ1n) is 6.03. The summed E-state index contributed by atoms with van der Waals surface area (Å²) in [5.74, 6) is -1.81. The molecule has 2 aromatic rings. The first-order chi connectivity index (χ1) is 10.0. The second-order valence-corrected chi connectivity index (χ2v) is 4.58. The zero-order valence-corrected chi connectivity index (χ0v) is 11.6. The van der Waals surface area contributed by atoms with Crippen LogP contribution in [-0.2, 0) is 9.53 Å². The van der Waals surface area contributed by atoms with Gasteiger partial charge in [-0.2, -0.15) is 0 Å². The summed E-state index contributed by atoms with van der Waals surface area (Å²) in [6.45, 7) is -0.460. The molecule has 21 heavy (non-hydrogen) atoms. The maximum Gasteiger partial charge on any atom is 0.338 e. The first kappa shape index (κ1) is 15.0. The Labute approximate surface area is 125 Å². The minimum absolute atomic E-state index is 0.0503. The molecule has 0 saturated carbocycles. The Morgan fingerprint density at radius 2 is 1.86 bits per heavy atom. The molecule has 0 heterocycles. The third kappa shape index (κ3) is 4.57. The lowest BCUT2D eigenvalue weighted by Crippen LogP contribution is -2.20. The normalized spacial score (nSPS) is 10.0. The van der Waals surface area contributed by atoms with E-state index in [1.54, 1.807) is 24.3 Å². The van der Waals surface area contributed by atoms with Gasteiger partial charge in [0.1, 0.15) is 5.82 Å². The van der Waals surface area contributed by atoms with Crippen molar-refractivity contribution < 1.29 is 18.7 Å². The van der Waals surface area contributed by atoms with Crippen molar-refractivity contribution in [1.82, 2.24) is 0 Å². The van der Waals surface area contributed by atoms with Crippen LogP contribution >= 0.6 is 11.6 Å². The second kappa shape index (κ2) is 6.85. The predicted octanol–water partition coefficient (Wildman–Crippen LogP) is 3.27. The van der Waals surface area contributed by atoms with E-state index in [9.17, 15) is 14.0 Å². The third-order valence-corrected chi connectivity index (χ3v) is 2.77. The number of hydrogen-bond acceptors (Lipinski definition) is 3. The van der Waals surface area contributed by atoms with Gasteiger partial charge in [-0.3, -0.25) is 4.79 Å². The minimum atomic E-state index is -0.763. The predicted molar refractivity (Wildman–Crippen MR) is 76.8 cm³/mol. The molecule has 0 aliphatic heterocycles. The zero-order chi connectivity index (χ0) is 15.2. The Bertz CT molecular complexity index is 658. The summed E-state index contributed by atoms with van der Waals surface area (Å²) in [6, 6.07) is 11.5. The average molecular weight is 308 g/mol. The fourth-order valence-electron chi connectivity index (χ4n) is 1.56. The van der Waals surface area contributed by atoms with Crippen LogP contribution in [0.2, 0.25) is 5.02 Å². The van der Waals surface area contributed by atoms with E-state index in [2.05, 4.69) is 5.32 Å². The molecule has 6 heteroatoms. The molecule has 4 nitrogen and oxygen atoms in total. The number of rotatable bonds is 4. The molecule has 0 aliphatic carbocycles. The van der Waals surface area contributed by atoms with Crippen molar-refractivity contribution in [2.24, 2.45) is 0 Å². The molecule has 0 spiro atoms. The molecule has 2 rings (SSSR count). The minimum Gasteiger partial charge on any atom is -0.452 e. The van der Waals surface area contributed by atoms with E-state index in [1.807, 2.05) is 0 Å². The molecule has 108 valence electrons. The number of carbonyl (C=O) groups is 2. The molecule has 0 unspecified atom stereocenters. The van der Waals surface area contributed by atoms with Gasteiger partial charge in [-0.1, -0.05) is 17.7 Å². The summed E-state index contributed by atoms with van der Waals surface area (Å²) < 4.78 is 17.7. The van der Waals surface area contributed by atoms with Crippen LogP contribution in [0.4, 0.5) is 10.1 Å². The van der Waals surface area contributed by atoms with Gasteiger partial charge in [-0.15, -0.1) is 0 Å². The van der Waals surface area contributed by atoms with Crippen LogP contribution in [0, 0.1) is 5.82 Å². The fraction of sp³-hybridized carbons (Fsp3) is 0.0667. The van der Waals surface area contributed by atoms with Gasteiger partial charge in [0.15, 0.2) is 6.61 Å². The maximum atomic E-state index is 12.9. The molecule has 0 saturated heterocycles. The van der Waals surface area contributed by atoms with Crippen LogP contribution in [-0.4, -0.2) is 18.5 Å². The molecule has 0 fully saturated rings. The lowest BCUT2D eigenvalue weighted by Gasteiger charge is -2.06. The van der Waals surface area contributed by atoms with E-state index in [0.29, 0.717) is 10.7 Å².